The molecule has 1 N–H and O–H groups in total. The molecule has 17 heavy (non-hydrogen) atoms. The Morgan fingerprint density at radius 3 is 2.76 bits per heavy atom. The number of rotatable bonds is 1. The summed E-state index contributed by atoms with van der Waals surface area (Å²) < 4.78 is 1.85. The van der Waals surface area contributed by atoms with Gasteiger partial charge in [-0.3, -0.25) is 4.68 Å². The van der Waals surface area contributed by atoms with Gasteiger partial charge in [0.2, 0.25) is 0 Å². The molecule has 0 radical (unpaired) electrons. The predicted molar refractivity (Wildman–Crippen MR) is 67.8 cm³/mol. The van der Waals surface area contributed by atoms with Gasteiger partial charge in [-0.15, -0.1) is 0 Å². The van der Waals surface area contributed by atoms with Crippen LogP contribution in [-0.2, 0) is 7.05 Å². The molecule has 0 fully saturated rings. The molecule has 0 aliphatic carbocycles. The zero-order chi connectivity index (χ0) is 11.8. The van der Waals surface area contributed by atoms with Crippen LogP contribution in [0, 0.1) is 0 Å². The van der Waals surface area contributed by atoms with E-state index in [1.54, 1.807) is 12.1 Å². The SMILES string of the molecule is Cn1ncc2c(-c3cccc(O)c3)cccc21. The largest absolute Gasteiger partial charge is 0.508 e. The van der Waals surface area contributed by atoms with Gasteiger partial charge in [0.25, 0.3) is 0 Å². The highest BCUT2D eigenvalue weighted by Crippen LogP contribution is 2.29. The van der Waals surface area contributed by atoms with E-state index in [0.717, 1.165) is 22.0 Å². The van der Waals surface area contributed by atoms with E-state index in [1.807, 2.05) is 48.3 Å². The number of aryl methyl sites for hydroxylation is 1. The Morgan fingerprint density at radius 1 is 1.12 bits per heavy atom. The maximum atomic E-state index is 9.53. The molecule has 3 nitrogen and oxygen atoms in total. The van der Waals surface area contributed by atoms with Gasteiger partial charge in [-0.05, 0) is 29.3 Å². The van der Waals surface area contributed by atoms with Crippen LogP contribution in [0.25, 0.3) is 22.0 Å². The van der Waals surface area contributed by atoms with Crippen LogP contribution in [0.4, 0.5) is 0 Å². The highest BCUT2D eigenvalue weighted by Gasteiger charge is 2.06. The molecule has 3 rings (SSSR count). The fourth-order valence-electron chi connectivity index (χ4n) is 2.10. The van der Waals surface area contributed by atoms with Gasteiger partial charge in [0.1, 0.15) is 5.75 Å². The highest BCUT2D eigenvalue weighted by molar-refractivity contribution is 5.94. The number of phenols is 1. The lowest BCUT2D eigenvalue weighted by atomic mass is 10.0. The third kappa shape index (κ3) is 1.56. The van der Waals surface area contributed by atoms with E-state index < -0.39 is 0 Å². The summed E-state index contributed by atoms with van der Waals surface area (Å²) in [4.78, 5) is 0. The minimum Gasteiger partial charge on any atom is -0.508 e. The van der Waals surface area contributed by atoms with Crippen molar-refractivity contribution >= 4 is 10.9 Å². The van der Waals surface area contributed by atoms with Crippen molar-refractivity contribution in [1.29, 1.82) is 0 Å². The second-order valence-electron chi connectivity index (χ2n) is 4.06. The summed E-state index contributed by atoms with van der Waals surface area (Å²) in [7, 11) is 1.93. The standard InChI is InChI=1S/C14H12N2O/c1-16-14-7-3-6-12(13(14)9-15-16)10-4-2-5-11(17)8-10/h2-9,17H,1H3. The van der Waals surface area contributed by atoms with Gasteiger partial charge in [-0.1, -0.05) is 24.3 Å². The maximum Gasteiger partial charge on any atom is 0.116 e. The van der Waals surface area contributed by atoms with Gasteiger partial charge in [-0.2, -0.15) is 5.10 Å². The smallest absolute Gasteiger partial charge is 0.116 e. The number of hydrogen-bond acceptors (Lipinski definition) is 2. The van der Waals surface area contributed by atoms with E-state index >= 15 is 0 Å². The van der Waals surface area contributed by atoms with Gasteiger partial charge in [0.15, 0.2) is 0 Å². The Morgan fingerprint density at radius 2 is 1.94 bits per heavy atom. The minimum absolute atomic E-state index is 0.281. The van der Waals surface area contributed by atoms with Crippen molar-refractivity contribution in [3.05, 3.63) is 48.7 Å². The molecule has 3 heteroatoms. The van der Waals surface area contributed by atoms with Crippen molar-refractivity contribution in [2.45, 2.75) is 0 Å². The quantitative estimate of drug-likeness (QED) is 0.690. The zero-order valence-electron chi connectivity index (χ0n) is 9.46. The van der Waals surface area contributed by atoms with E-state index in [4.69, 9.17) is 0 Å². The topological polar surface area (TPSA) is 38.0 Å². The van der Waals surface area contributed by atoms with Crippen LogP contribution in [0.2, 0.25) is 0 Å². The zero-order valence-corrected chi connectivity index (χ0v) is 9.46. The fourth-order valence-corrected chi connectivity index (χ4v) is 2.10. The van der Waals surface area contributed by atoms with Crippen molar-refractivity contribution in [2.24, 2.45) is 7.05 Å². The summed E-state index contributed by atoms with van der Waals surface area (Å²) in [6.07, 6.45) is 1.86. The Labute approximate surface area is 98.9 Å². The molecular weight excluding hydrogens is 212 g/mol. The molecule has 0 aliphatic heterocycles. The molecule has 1 aromatic heterocycles. The van der Waals surface area contributed by atoms with E-state index in [2.05, 4.69) is 5.10 Å². The van der Waals surface area contributed by atoms with Gasteiger partial charge in [0, 0.05) is 12.4 Å². The average Bonchev–Trinajstić information content (AvgIpc) is 2.71. The first kappa shape index (κ1) is 9.90. The third-order valence-electron chi connectivity index (χ3n) is 2.95. The van der Waals surface area contributed by atoms with Gasteiger partial charge >= 0.3 is 0 Å². The highest BCUT2D eigenvalue weighted by atomic mass is 16.3. The first-order chi connectivity index (χ1) is 8.25. The second kappa shape index (κ2) is 3.63. The molecule has 84 valence electrons. The summed E-state index contributed by atoms with van der Waals surface area (Å²) in [6.45, 7) is 0. The molecule has 0 atom stereocenters. The lowest BCUT2D eigenvalue weighted by Gasteiger charge is -2.04. The first-order valence-electron chi connectivity index (χ1n) is 5.46. The number of aromatic nitrogens is 2. The molecule has 0 amide bonds. The average molecular weight is 224 g/mol. The van der Waals surface area contributed by atoms with Crippen LogP contribution in [-0.4, -0.2) is 14.9 Å². The molecule has 0 unspecified atom stereocenters. The van der Waals surface area contributed by atoms with E-state index in [0.29, 0.717) is 0 Å². The Bertz CT molecular complexity index is 686. The lowest BCUT2D eigenvalue weighted by molar-refractivity contribution is 0.475. The lowest BCUT2D eigenvalue weighted by Crippen LogP contribution is -1.88. The number of aromatic hydroxyl groups is 1. The summed E-state index contributed by atoms with van der Waals surface area (Å²) in [5.41, 5.74) is 3.18. The van der Waals surface area contributed by atoms with E-state index in [9.17, 15) is 5.11 Å². The van der Waals surface area contributed by atoms with Crippen LogP contribution < -0.4 is 0 Å². The van der Waals surface area contributed by atoms with Crippen molar-refractivity contribution in [3.8, 4) is 16.9 Å². The van der Waals surface area contributed by atoms with Crippen LogP contribution >= 0.6 is 0 Å². The van der Waals surface area contributed by atoms with E-state index in [1.165, 1.54) is 0 Å². The first-order valence-corrected chi connectivity index (χ1v) is 5.46. The molecule has 2 aromatic carbocycles. The summed E-state index contributed by atoms with van der Waals surface area (Å²) in [6, 6.07) is 13.4. The van der Waals surface area contributed by atoms with Crippen molar-refractivity contribution in [1.82, 2.24) is 9.78 Å². The molecule has 0 saturated carbocycles. The van der Waals surface area contributed by atoms with Gasteiger partial charge in [0.05, 0.1) is 11.7 Å². The van der Waals surface area contributed by atoms with Crippen molar-refractivity contribution < 1.29 is 5.11 Å². The number of benzene rings is 2. The Kier molecular flexibility index (Phi) is 2.11. The third-order valence-corrected chi connectivity index (χ3v) is 2.95. The summed E-state index contributed by atoms with van der Waals surface area (Å²) >= 11 is 0. The van der Waals surface area contributed by atoms with Crippen molar-refractivity contribution in [3.63, 3.8) is 0 Å². The molecule has 0 aliphatic rings. The van der Waals surface area contributed by atoms with Crippen LogP contribution in [0.3, 0.4) is 0 Å². The van der Waals surface area contributed by atoms with Gasteiger partial charge in [-0.25, -0.2) is 0 Å². The second-order valence-corrected chi connectivity index (χ2v) is 4.06. The fraction of sp³-hybridized carbons (Fsp3) is 0.0714. The maximum absolute atomic E-state index is 9.53. The summed E-state index contributed by atoms with van der Waals surface area (Å²) in [5.74, 6) is 0.281. The normalized spacial score (nSPS) is 10.9. The Hall–Kier alpha value is -2.29. The predicted octanol–water partition coefficient (Wildman–Crippen LogP) is 2.95. The van der Waals surface area contributed by atoms with Crippen molar-refractivity contribution in [2.75, 3.05) is 0 Å². The summed E-state index contributed by atoms with van der Waals surface area (Å²) in [5, 5.41) is 14.9. The molecule has 0 spiro atoms. The number of nitrogens with zero attached hydrogens (tertiary/aromatic N) is 2. The number of phenolic OH excluding ortho intramolecular Hbond substituents is 1. The molecule has 0 bridgehead atoms. The molecule has 0 saturated heterocycles. The van der Waals surface area contributed by atoms with Crippen LogP contribution in [0.1, 0.15) is 0 Å². The van der Waals surface area contributed by atoms with E-state index in [-0.39, 0.29) is 5.75 Å². The minimum atomic E-state index is 0.281. The van der Waals surface area contributed by atoms with Crippen LogP contribution in [0.5, 0.6) is 5.75 Å². The molecule has 1 heterocycles. The van der Waals surface area contributed by atoms with Crippen LogP contribution in [0.15, 0.2) is 48.7 Å². The molecule has 3 aromatic rings. The van der Waals surface area contributed by atoms with Gasteiger partial charge < -0.3 is 5.11 Å². The molecular formula is C14H12N2O. The number of fused-ring (bicyclic) bond motifs is 1. The number of hydrogen-bond donors (Lipinski definition) is 1. The Balaban J connectivity index is 2.30. The monoisotopic (exact) mass is 224 g/mol.